The molecule has 1 saturated carbocycles. The molecule has 0 amide bonds. The quantitative estimate of drug-likeness (QED) is 0.338. The van der Waals surface area contributed by atoms with Gasteiger partial charge in [0.05, 0.1) is 18.8 Å². The zero-order chi connectivity index (χ0) is 7.78. The summed E-state index contributed by atoms with van der Waals surface area (Å²) in [5, 5.41) is 8.88. The van der Waals surface area contributed by atoms with Gasteiger partial charge in [-0.15, -0.1) is 0 Å². The molecular formula is C6H13N3O. The molecule has 0 saturated heterocycles. The summed E-state index contributed by atoms with van der Waals surface area (Å²) in [6.07, 6.45) is 0.290. The first-order valence-corrected chi connectivity index (χ1v) is 3.25. The van der Waals surface area contributed by atoms with Crippen molar-refractivity contribution < 1.29 is 5.11 Å². The normalized spacial score (nSPS) is 38.2. The maximum absolute atomic E-state index is 8.88. The van der Waals surface area contributed by atoms with Crippen LogP contribution in [0.2, 0.25) is 0 Å². The maximum atomic E-state index is 8.88. The van der Waals surface area contributed by atoms with E-state index in [1.54, 1.807) is 0 Å². The average molecular weight is 143 g/mol. The summed E-state index contributed by atoms with van der Waals surface area (Å²) in [6.45, 7) is 3.38. The van der Waals surface area contributed by atoms with Gasteiger partial charge in [0.25, 0.3) is 0 Å². The SMILES string of the molecule is C=NC1CC1(CO)C(N)N. The summed E-state index contributed by atoms with van der Waals surface area (Å²) < 4.78 is 0. The maximum Gasteiger partial charge on any atom is 0.0623 e. The topological polar surface area (TPSA) is 84.6 Å². The fourth-order valence-electron chi connectivity index (χ4n) is 1.18. The largest absolute Gasteiger partial charge is 0.396 e. The lowest BCUT2D eigenvalue weighted by Crippen LogP contribution is -2.44. The van der Waals surface area contributed by atoms with Gasteiger partial charge < -0.3 is 16.6 Å². The molecule has 0 aromatic carbocycles. The van der Waals surface area contributed by atoms with E-state index in [0.29, 0.717) is 0 Å². The molecule has 0 bridgehead atoms. The monoisotopic (exact) mass is 143 g/mol. The minimum Gasteiger partial charge on any atom is -0.396 e. The Labute approximate surface area is 59.9 Å². The van der Waals surface area contributed by atoms with Crippen LogP contribution < -0.4 is 11.5 Å². The molecule has 2 atom stereocenters. The van der Waals surface area contributed by atoms with E-state index in [9.17, 15) is 0 Å². The van der Waals surface area contributed by atoms with E-state index < -0.39 is 6.17 Å². The van der Waals surface area contributed by atoms with Gasteiger partial charge in [-0.1, -0.05) is 0 Å². The van der Waals surface area contributed by atoms with Gasteiger partial charge in [0.1, 0.15) is 0 Å². The second-order valence-electron chi connectivity index (χ2n) is 2.82. The zero-order valence-corrected chi connectivity index (χ0v) is 5.83. The standard InChI is InChI=1S/C6H13N3O/c1-9-4-2-6(4,3-10)5(7)8/h4-5,10H,1-3,7-8H2. The van der Waals surface area contributed by atoms with Crippen LogP contribution in [0.3, 0.4) is 0 Å². The Balaban J connectivity index is 2.58. The highest BCUT2D eigenvalue weighted by molar-refractivity contribution is 5.28. The summed E-state index contributed by atoms with van der Waals surface area (Å²) in [6, 6.07) is 0.0671. The molecule has 4 heteroatoms. The van der Waals surface area contributed by atoms with Crippen molar-refractivity contribution >= 4 is 6.72 Å². The Morgan fingerprint density at radius 3 is 2.50 bits per heavy atom. The van der Waals surface area contributed by atoms with Crippen LogP contribution in [-0.2, 0) is 0 Å². The number of hydrogen-bond acceptors (Lipinski definition) is 4. The number of aliphatic hydroxyl groups excluding tert-OH is 1. The Kier molecular flexibility index (Phi) is 1.76. The van der Waals surface area contributed by atoms with Crippen molar-refractivity contribution in [3.8, 4) is 0 Å². The smallest absolute Gasteiger partial charge is 0.0623 e. The van der Waals surface area contributed by atoms with Crippen molar-refractivity contribution in [2.24, 2.45) is 21.9 Å². The van der Waals surface area contributed by atoms with Crippen molar-refractivity contribution in [2.45, 2.75) is 18.6 Å². The van der Waals surface area contributed by atoms with Gasteiger partial charge in [0.15, 0.2) is 0 Å². The second-order valence-corrected chi connectivity index (χ2v) is 2.82. The molecule has 1 fully saturated rings. The van der Waals surface area contributed by atoms with Gasteiger partial charge in [0, 0.05) is 5.41 Å². The Hall–Kier alpha value is -0.450. The summed E-state index contributed by atoms with van der Waals surface area (Å²) >= 11 is 0. The van der Waals surface area contributed by atoms with E-state index in [4.69, 9.17) is 16.6 Å². The predicted octanol–water partition coefficient (Wildman–Crippen LogP) is -1.32. The van der Waals surface area contributed by atoms with E-state index in [2.05, 4.69) is 11.7 Å². The third-order valence-electron chi connectivity index (χ3n) is 2.26. The second kappa shape index (κ2) is 2.30. The summed E-state index contributed by atoms with van der Waals surface area (Å²) in [5.74, 6) is 0. The molecule has 1 aliphatic carbocycles. The van der Waals surface area contributed by atoms with Crippen LogP contribution in [0.5, 0.6) is 0 Å². The highest BCUT2D eigenvalue weighted by Crippen LogP contribution is 2.48. The molecule has 0 aromatic rings. The highest BCUT2D eigenvalue weighted by atomic mass is 16.3. The third-order valence-corrected chi connectivity index (χ3v) is 2.26. The van der Waals surface area contributed by atoms with Crippen molar-refractivity contribution in [3.05, 3.63) is 0 Å². The van der Waals surface area contributed by atoms with Crippen LogP contribution in [0, 0.1) is 5.41 Å². The van der Waals surface area contributed by atoms with Gasteiger partial charge >= 0.3 is 0 Å². The number of hydrogen-bond donors (Lipinski definition) is 3. The van der Waals surface area contributed by atoms with E-state index in [1.807, 2.05) is 0 Å². The number of aliphatic imine (C=N–C) groups is 1. The van der Waals surface area contributed by atoms with E-state index in [-0.39, 0.29) is 18.1 Å². The summed E-state index contributed by atoms with van der Waals surface area (Å²) in [5.41, 5.74) is 10.5. The van der Waals surface area contributed by atoms with E-state index >= 15 is 0 Å². The molecule has 1 aliphatic rings. The first-order valence-electron chi connectivity index (χ1n) is 3.25. The van der Waals surface area contributed by atoms with Gasteiger partial charge in [-0.3, -0.25) is 4.99 Å². The summed E-state index contributed by atoms with van der Waals surface area (Å²) in [4.78, 5) is 3.78. The van der Waals surface area contributed by atoms with E-state index in [1.165, 1.54) is 0 Å². The van der Waals surface area contributed by atoms with Crippen molar-refractivity contribution in [2.75, 3.05) is 6.61 Å². The van der Waals surface area contributed by atoms with Crippen LogP contribution in [0.1, 0.15) is 6.42 Å². The molecule has 10 heavy (non-hydrogen) atoms. The molecule has 1 rings (SSSR count). The number of aliphatic hydroxyl groups is 1. The molecule has 58 valence electrons. The van der Waals surface area contributed by atoms with Gasteiger partial charge in [-0.2, -0.15) is 0 Å². The van der Waals surface area contributed by atoms with Crippen LogP contribution >= 0.6 is 0 Å². The minimum atomic E-state index is -0.479. The zero-order valence-electron chi connectivity index (χ0n) is 5.83. The fourth-order valence-corrected chi connectivity index (χ4v) is 1.18. The molecule has 0 aliphatic heterocycles. The lowest BCUT2D eigenvalue weighted by molar-refractivity contribution is 0.184. The number of nitrogens with two attached hydrogens (primary N) is 2. The lowest BCUT2D eigenvalue weighted by atomic mass is 10.1. The Morgan fingerprint density at radius 1 is 1.80 bits per heavy atom. The van der Waals surface area contributed by atoms with Gasteiger partial charge in [0.2, 0.25) is 0 Å². The molecule has 0 aromatic heterocycles. The third kappa shape index (κ3) is 0.847. The predicted molar refractivity (Wildman–Crippen MR) is 39.6 cm³/mol. The molecule has 0 heterocycles. The van der Waals surface area contributed by atoms with Crippen LogP contribution in [-0.4, -0.2) is 30.6 Å². The molecular weight excluding hydrogens is 130 g/mol. The first-order chi connectivity index (χ1) is 4.67. The molecule has 2 unspecified atom stereocenters. The van der Waals surface area contributed by atoms with Crippen molar-refractivity contribution in [3.63, 3.8) is 0 Å². The van der Waals surface area contributed by atoms with Crippen molar-refractivity contribution in [1.82, 2.24) is 0 Å². The lowest BCUT2D eigenvalue weighted by Gasteiger charge is -2.16. The molecule has 4 nitrogen and oxygen atoms in total. The Bertz CT molecular complexity index is 148. The van der Waals surface area contributed by atoms with Crippen LogP contribution in [0.15, 0.2) is 4.99 Å². The molecule has 5 N–H and O–H groups in total. The summed E-state index contributed by atoms with van der Waals surface area (Å²) in [7, 11) is 0. The molecule has 0 spiro atoms. The fraction of sp³-hybridized carbons (Fsp3) is 0.833. The van der Waals surface area contributed by atoms with Crippen LogP contribution in [0.25, 0.3) is 0 Å². The van der Waals surface area contributed by atoms with E-state index in [0.717, 1.165) is 6.42 Å². The number of nitrogens with zero attached hydrogens (tertiary/aromatic N) is 1. The van der Waals surface area contributed by atoms with Crippen LogP contribution in [0.4, 0.5) is 0 Å². The molecule has 0 radical (unpaired) electrons. The van der Waals surface area contributed by atoms with Gasteiger partial charge in [-0.25, -0.2) is 0 Å². The minimum absolute atomic E-state index is 0.00829. The van der Waals surface area contributed by atoms with Gasteiger partial charge in [-0.05, 0) is 13.1 Å². The number of rotatable bonds is 3. The highest BCUT2D eigenvalue weighted by Gasteiger charge is 2.56. The average Bonchev–Trinajstić information content (AvgIpc) is 2.62. The Morgan fingerprint density at radius 2 is 2.40 bits per heavy atom. The first kappa shape index (κ1) is 7.65. The van der Waals surface area contributed by atoms with Crippen molar-refractivity contribution in [1.29, 1.82) is 0 Å².